The predicted molar refractivity (Wildman–Crippen MR) is 71.8 cm³/mol. The molecule has 17 heavy (non-hydrogen) atoms. The van der Waals surface area contributed by atoms with Gasteiger partial charge in [-0.15, -0.1) is 10.2 Å². The van der Waals surface area contributed by atoms with Crippen LogP contribution >= 0.6 is 11.3 Å². The van der Waals surface area contributed by atoms with Crippen molar-refractivity contribution in [1.29, 1.82) is 0 Å². The maximum Gasteiger partial charge on any atom is 0.210 e. The fourth-order valence-corrected chi connectivity index (χ4v) is 2.25. The molecule has 90 valence electrons. The first-order valence-electron chi connectivity index (χ1n) is 5.70. The zero-order chi connectivity index (χ0) is 12.1. The number of aryl methyl sites for hydroxylation is 1. The Morgan fingerprint density at radius 2 is 2.00 bits per heavy atom. The summed E-state index contributed by atoms with van der Waals surface area (Å²) in [5.74, 6) is 0. The molecule has 1 aromatic heterocycles. The Bertz CT molecular complexity index is 464. The molecule has 2 rings (SSSR count). The summed E-state index contributed by atoms with van der Waals surface area (Å²) in [6.07, 6.45) is 1.84. The average molecular weight is 248 g/mol. The summed E-state index contributed by atoms with van der Waals surface area (Å²) >= 11 is 1.55. The van der Waals surface area contributed by atoms with E-state index in [4.69, 9.17) is 5.73 Å². The van der Waals surface area contributed by atoms with E-state index in [1.165, 1.54) is 5.56 Å². The summed E-state index contributed by atoms with van der Waals surface area (Å²) < 4.78 is 0. The summed E-state index contributed by atoms with van der Waals surface area (Å²) in [5, 5.41) is 13.2. The van der Waals surface area contributed by atoms with Crippen molar-refractivity contribution >= 4 is 22.2 Å². The van der Waals surface area contributed by atoms with Crippen LogP contribution in [0, 0.1) is 0 Å². The lowest BCUT2D eigenvalue weighted by Gasteiger charge is -2.02. The highest BCUT2D eigenvalue weighted by molar-refractivity contribution is 7.15. The van der Waals surface area contributed by atoms with Gasteiger partial charge in [0, 0.05) is 12.1 Å². The molecule has 0 fully saturated rings. The Morgan fingerprint density at radius 1 is 1.24 bits per heavy atom. The van der Waals surface area contributed by atoms with E-state index in [-0.39, 0.29) is 0 Å². The van der Waals surface area contributed by atoms with Gasteiger partial charge in [-0.1, -0.05) is 30.4 Å². The summed E-state index contributed by atoms with van der Waals surface area (Å²) in [4.78, 5) is 0. The Morgan fingerprint density at radius 3 is 2.65 bits per heavy atom. The van der Waals surface area contributed by atoms with Crippen LogP contribution in [0.4, 0.5) is 10.8 Å². The molecule has 0 aliphatic carbocycles. The minimum atomic E-state index is 0.611. The van der Waals surface area contributed by atoms with Gasteiger partial charge in [0.1, 0.15) is 5.01 Å². The second-order valence-electron chi connectivity index (χ2n) is 3.72. The topological polar surface area (TPSA) is 63.8 Å². The number of anilines is 2. The lowest BCUT2D eigenvalue weighted by atomic mass is 10.1. The maximum absolute atomic E-state index is 5.47. The van der Waals surface area contributed by atoms with Crippen LogP contribution in [0.25, 0.3) is 0 Å². The van der Waals surface area contributed by atoms with E-state index >= 15 is 0 Å². The number of rotatable bonds is 5. The highest BCUT2D eigenvalue weighted by Crippen LogP contribution is 2.21. The molecule has 0 spiro atoms. The molecule has 0 radical (unpaired) electrons. The lowest BCUT2D eigenvalue weighted by Crippen LogP contribution is -2.01. The number of nitrogens with zero attached hydrogens (tertiary/aromatic N) is 2. The molecular formula is C12H16N4S. The van der Waals surface area contributed by atoms with Crippen molar-refractivity contribution in [1.82, 2.24) is 10.2 Å². The number of nitrogens with one attached hydrogen (secondary N) is 1. The van der Waals surface area contributed by atoms with Crippen molar-refractivity contribution < 1.29 is 0 Å². The van der Waals surface area contributed by atoms with Gasteiger partial charge >= 0.3 is 0 Å². The van der Waals surface area contributed by atoms with Gasteiger partial charge in [0.25, 0.3) is 0 Å². The van der Waals surface area contributed by atoms with E-state index < -0.39 is 0 Å². The Labute approximate surface area is 105 Å². The summed E-state index contributed by atoms with van der Waals surface area (Å²) in [6.45, 7) is 2.76. The van der Waals surface area contributed by atoms with Crippen molar-refractivity contribution in [2.24, 2.45) is 5.73 Å². The van der Waals surface area contributed by atoms with Crippen molar-refractivity contribution in [2.75, 3.05) is 11.9 Å². The first-order chi connectivity index (χ1) is 8.31. The van der Waals surface area contributed by atoms with Gasteiger partial charge in [0.2, 0.25) is 5.13 Å². The SMILES string of the molecule is CCc1ccc(Nc2nnc(CCN)s2)cc1. The molecule has 0 amide bonds. The standard InChI is InChI=1S/C12H16N4S/c1-2-9-3-5-10(6-4-9)14-12-16-15-11(17-12)7-8-13/h3-6H,2,7-8,13H2,1H3,(H,14,16). The zero-order valence-corrected chi connectivity index (χ0v) is 10.6. The van der Waals surface area contributed by atoms with Gasteiger partial charge in [-0.05, 0) is 30.7 Å². The van der Waals surface area contributed by atoms with Crippen LogP contribution in [0.1, 0.15) is 17.5 Å². The molecule has 0 unspecified atom stereocenters. The third-order valence-electron chi connectivity index (χ3n) is 2.44. The quantitative estimate of drug-likeness (QED) is 0.852. The second-order valence-corrected chi connectivity index (χ2v) is 4.78. The fourth-order valence-electron chi connectivity index (χ4n) is 1.48. The summed E-state index contributed by atoms with van der Waals surface area (Å²) in [7, 11) is 0. The molecule has 5 heteroatoms. The monoisotopic (exact) mass is 248 g/mol. The number of aromatic nitrogens is 2. The van der Waals surface area contributed by atoms with E-state index in [2.05, 4.69) is 46.7 Å². The average Bonchev–Trinajstić information content (AvgIpc) is 2.78. The molecule has 0 aliphatic rings. The van der Waals surface area contributed by atoms with Crippen LogP contribution in [0.2, 0.25) is 0 Å². The van der Waals surface area contributed by atoms with Gasteiger partial charge in [-0.25, -0.2) is 0 Å². The largest absolute Gasteiger partial charge is 0.330 e. The van der Waals surface area contributed by atoms with Crippen LogP contribution in [0.5, 0.6) is 0 Å². The van der Waals surface area contributed by atoms with E-state index in [0.29, 0.717) is 6.54 Å². The van der Waals surface area contributed by atoms with Crippen LogP contribution in [-0.2, 0) is 12.8 Å². The van der Waals surface area contributed by atoms with Gasteiger partial charge < -0.3 is 11.1 Å². The summed E-state index contributed by atoms with van der Waals surface area (Å²) in [5.41, 5.74) is 7.84. The molecule has 0 atom stereocenters. The van der Waals surface area contributed by atoms with Crippen molar-refractivity contribution in [3.8, 4) is 0 Å². The lowest BCUT2D eigenvalue weighted by molar-refractivity contribution is 0.913. The number of benzene rings is 1. The fraction of sp³-hybridized carbons (Fsp3) is 0.333. The number of hydrogen-bond donors (Lipinski definition) is 2. The Kier molecular flexibility index (Phi) is 4.06. The van der Waals surface area contributed by atoms with Gasteiger partial charge in [0.15, 0.2) is 0 Å². The van der Waals surface area contributed by atoms with Crippen LogP contribution in [0.15, 0.2) is 24.3 Å². The van der Waals surface area contributed by atoms with Gasteiger partial charge in [-0.2, -0.15) is 0 Å². The van der Waals surface area contributed by atoms with E-state index in [1.54, 1.807) is 11.3 Å². The molecule has 0 saturated heterocycles. The minimum Gasteiger partial charge on any atom is -0.330 e. The molecular weight excluding hydrogens is 232 g/mol. The zero-order valence-electron chi connectivity index (χ0n) is 9.81. The normalized spacial score (nSPS) is 10.5. The molecule has 1 heterocycles. The maximum atomic E-state index is 5.47. The van der Waals surface area contributed by atoms with E-state index in [9.17, 15) is 0 Å². The van der Waals surface area contributed by atoms with Crippen molar-refractivity contribution in [2.45, 2.75) is 19.8 Å². The van der Waals surface area contributed by atoms with E-state index in [0.717, 1.165) is 28.7 Å². The number of hydrogen-bond acceptors (Lipinski definition) is 5. The third-order valence-corrected chi connectivity index (χ3v) is 3.34. The molecule has 3 N–H and O–H groups in total. The predicted octanol–water partition coefficient (Wildman–Crippen LogP) is 2.35. The highest BCUT2D eigenvalue weighted by Gasteiger charge is 2.03. The number of nitrogens with two attached hydrogens (primary N) is 1. The summed E-state index contributed by atoms with van der Waals surface area (Å²) in [6, 6.07) is 8.35. The molecule has 0 saturated carbocycles. The minimum absolute atomic E-state index is 0.611. The first kappa shape index (κ1) is 12.0. The van der Waals surface area contributed by atoms with Crippen LogP contribution < -0.4 is 11.1 Å². The van der Waals surface area contributed by atoms with Gasteiger partial charge in [-0.3, -0.25) is 0 Å². The Hall–Kier alpha value is -1.46. The first-order valence-corrected chi connectivity index (χ1v) is 6.52. The van der Waals surface area contributed by atoms with Gasteiger partial charge in [0.05, 0.1) is 0 Å². The molecule has 1 aromatic carbocycles. The molecule has 4 nitrogen and oxygen atoms in total. The molecule has 2 aromatic rings. The highest BCUT2D eigenvalue weighted by atomic mass is 32.1. The second kappa shape index (κ2) is 5.75. The van der Waals surface area contributed by atoms with Crippen LogP contribution in [-0.4, -0.2) is 16.7 Å². The van der Waals surface area contributed by atoms with E-state index in [1.807, 2.05) is 0 Å². The smallest absolute Gasteiger partial charge is 0.210 e. The molecule has 0 bridgehead atoms. The van der Waals surface area contributed by atoms with Crippen molar-refractivity contribution in [3.63, 3.8) is 0 Å². The van der Waals surface area contributed by atoms with Crippen molar-refractivity contribution in [3.05, 3.63) is 34.8 Å². The molecule has 0 aliphatic heterocycles. The third kappa shape index (κ3) is 3.25. The Balaban J connectivity index is 2.03. The van der Waals surface area contributed by atoms with Crippen LogP contribution in [0.3, 0.4) is 0 Å².